The van der Waals surface area contributed by atoms with Crippen molar-refractivity contribution in [1.29, 1.82) is 0 Å². The van der Waals surface area contributed by atoms with E-state index in [2.05, 4.69) is 30.9 Å². The highest BCUT2D eigenvalue weighted by Gasteiger charge is 2.20. The van der Waals surface area contributed by atoms with Gasteiger partial charge in [0.1, 0.15) is 0 Å². The summed E-state index contributed by atoms with van der Waals surface area (Å²) in [5.41, 5.74) is 0.486. The second-order valence-corrected chi connectivity index (χ2v) is 11.8. The van der Waals surface area contributed by atoms with Gasteiger partial charge in [-0.1, -0.05) is 25.7 Å². The van der Waals surface area contributed by atoms with Gasteiger partial charge in [0.15, 0.2) is 11.6 Å². The number of halogens is 1. The number of hydrogen-bond donors (Lipinski definition) is 3. The number of methoxy groups -OCH3 is 2. The van der Waals surface area contributed by atoms with Crippen molar-refractivity contribution < 1.29 is 37.6 Å². The maximum Gasteiger partial charge on any atom is 0.233 e. The van der Waals surface area contributed by atoms with Crippen molar-refractivity contribution in [2.45, 2.75) is 63.5 Å². The average molecular weight is 690 g/mol. The number of benzene rings is 1. The van der Waals surface area contributed by atoms with Gasteiger partial charge in [0, 0.05) is 37.7 Å². The van der Waals surface area contributed by atoms with E-state index in [0.717, 1.165) is 25.7 Å². The lowest BCUT2D eigenvalue weighted by atomic mass is 10.1. The number of aromatic nitrogens is 3. The molecule has 2 heterocycles. The first-order chi connectivity index (χ1) is 24.0. The Morgan fingerprint density at radius 1 is 0.796 bits per heavy atom. The van der Waals surface area contributed by atoms with Gasteiger partial charge < -0.3 is 49.3 Å². The fraction of sp³-hybridized carbons (Fsp3) is 0.647. The van der Waals surface area contributed by atoms with Crippen LogP contribution in [0.15, 0.2) is 30.5 Å². The molecule has 1 atom stereocenters. The van der Waals surface area contributed by atoms with Crippen molar-refractivity contribution in [1.82, 2.24) is 19.9 Å². The van der Waals surface area contributed by atoms with Crippen LogP contribution in [0.4, 0.5) is 27.9 Å². The molecule has 1 saturated carbocycles. The van der Waals surface area contributed by atoms with Crippen molar-refractivity contribution >= 4 is 29.4 Å². The first-order valence-electron chi connectivity index (χ1n) is 17.2. The topological polar surface area (TPSA) is 150 Å². The minimum atomic E-state index is -0.489. The minimum absolute atomic E-state index is 0.00926. The molecule has 0 saturated heterocycles. The molecule has 0 radical (unpaired) electrons. The van der Waals surface area contributed by atoms with Crippen LogP contribution in [0.5, 0.6) is 5.75 Å². The summed E-state index contributed by atoms with van der Waals surface area (Å²) in [6, 6.07) is 4.77. The summed E-state index contributed by atoms with van der Waals surface area (Å²) in [5, 5.41) is 9.95. The SMILES string of the molecule is COCCOCCOCCOCCOCCC(=O)N1C=CC(Nc2nc(Nc3ccc(OC)c(F)c3)nc(NC3CCCCCC3)n2)CC1. The molecule has 15 heteroatoms. The second-order valence-electron chi connectivity index (χ2n) is 11.8. The molecule has 1 amide bonds. The third-order valence-electron chi connectivity index (χ3n) is 8.05. The number of nitrogens with one attached hydrogen (secondary N) is 3. The zero-order valence-electron chi connectivity index (χ0n) is 28.8. The van der Waals surface area contributed by atoms with E-state index in [1.807, 2.05) is 6.08 Å². The minimum Gasteiger partial charge on any atom is -0.494 e. The lowest BCUT2D eigenvalue weighted by molar-refractivity contribution is -0.130. The Balaban J connectivity index is 1.20. The number of hydrogen-bond acceptors (Lipinski definition) is 13. The van der Waals surface area contributed by atoms with Crippen LogP contribution in [0.25, 0.3) is 0 Å². The molecule has 49 heavy (non-hydrogen) atoms. The smallest absolute Gasteiger partial charge is 0.233 e. The second kappa shape index (κ2) is 22.2. The molecule has 1 unspecified atom stereocenters. The molecule has 14 nitrogen and oxygen atoms in total. The van der Waals surface area contributed by atoms with Gasteiger partial charge in [-0.2, -0.15) is 15.0 Å². The maximum atomic E-state index is 14.4. The molecule has 1 aromatic heterocycles. The molecule has 3 N–H and O–H groups in total. The average Bonchev–Trinajstić information content (AvgIpc) is 3.37. The molecule has 1 aliphatic heterocycles. The normalized spacial score (nSPS) is 16.7. The highest BCUT2D eigenvalue weighted by Crippen LogP contribution is 2.25. The quantitative estimate of drug-likeness (QED) is 0.118. The van der Waals surface area contributed by atoms with Crippen molar-refractivity contribution in [3.05, 3.63) is 36.3 Å². The zero-order valence-corrected chi connectivity index (χ0v) is 28.8. The Kier molecular flexibility index (Phi) is 17.3. The van der Waals surface area contributed by atoms with Crippen LogP contribution in [0.3, 0.4) is 0 Å². The fourth-order valence-corrected chi connectivity index (χ4v) is 5.40. The Labute approximate surface area is 288 Å². The highest BCUT2D eigenvalue weighted by molar-refractivity contribution is 5.77. The predicted molar refractivity (Wildman–Crippen MR) is 184 cm³/mol. The summed E-state index contributed by atoms with van der Waals surface area (Å²) in [6.45, 7) is 4.82. The summed E-state index contributed by atoms with van der Waals surface area (Å²) in [4.78, 5) is 28.3. The van der Waals surface area contributed by atoms with Crippen LogP contribution in [0.1, 0.15) is 51.4 Å². The molecular formula is C34H52FN7O7. The Bertz CT molecular complexity index is 1280. The van der Waals surface area contributed by atoms with Gasteiger partial charge in [0.25, 0.3) is 0 Å². The van der Waals surface area contributed by atoms with E-state index in [1.54, 1.807) is 30.3 Å². The monoisotopic (exact) mass is 689 g/mol. The van der Waals surface area contributed by atoms with Crippen LogP contribution in [0, 0.1) is 5.82 Å². The molecule has 4 rings (SSSR count). The van der Waals surface area contributed by atoms with Gasteiger partial charge in [-0.3, -0.25) is 4.79 Å². The van der Waals surface area contributed by atoms with E-state index in [9.17, 15) is 9.18 Å². The van der Waals surface area contributed by atoms with E-state index >= 15 is 0 Å². The maximum absolute atomic E-state index is 14.4. The Hall–Kier alpha value is -3.63. The molecule has 272 valence electrons. The summed E-state index contributed by atoms with van der Waals surface area (Å²) in [6.07, 6.45) is 11.6. The van der Waals surface area contributed by atoms with E-state index in [-0.39, 0.29) is 36.1 Å². The first kappa shape index (κ1) is 38.2. The summed E-state index contributed by atoms with van der Waals surface area (Å²) >= 11 is 0. The summed E-state index contributed by atoms with van der Waals surface area (Å²) in [5.74, 6) is 0.778. The number of nitrogens with zero attached hydrogens (tertiary/aromatic N) is 4. The van der Waals surface area contributed by atoms with E-state index < -0.39 is 5.82 Å². The standard InChI is InChI=1S/C34H52FN7O7/c1-44-17-18-47-21-22-49-24-23-48-20-19-46-16-13-31(43)42-14-11-27(12-15-42)37-33-39-32(36-26-7-5-3-4-6-8-26)40-34(41-33)38-28-9-10-30(45-2)29(35)25-28/h9-11,14,25-27H,3-8,12-13,15-24H2,1-2H3,(H3,36,37,38,39,40,41). The molecular weight excluding hydrogens is 637 g/mol. The molecule has 0 bridgehead atoms. The van der Waals surface area contributed by atoms with E-state index in [1.165, 1.54) is 26.0 Å². The van der Waals surface area contributed by atoms with Crippen LogP contribution >= 0.6 is 0 Å². The first-order valence-corrected chi connectivity index (χ1v) is 17.2. The van der Waals surface area contributed by atoms with Crippen LogP contribution < -0.4 is 20.7 Å². The highest BCUT2D eigenvalue weighted by atomic mass is 19.1. The number of anilines is 4. The van der Waals surface area contributed by atoms with Gasteiger partial charge >= 0.3 is 0 Å². The van der Waals surface area contributed by atoms with Gasteiger partial charge in [0.05, 0.1) is 79.0 Å². The Morgan fingerprint density at radius 3 is 2.00 bits per heavy atom. The van der Waals surface area contributed by atoms with Gasteiger partial charge in [-0.15, -0.1) is 0 Å². The summed E-state index contributed by atoms with van der Waals surface area (Å²) < 4.78 is 46.1. The number of amides is 1. The molecule has 2 aliphatic rings. The molecule has 0 spiro atoms. The Morgan fingerprint density at radius 2 is 1.41 bits per heavy atom. The summed E-state index contributed by atoms with van der Waals surface area (Å²) in [7, 11) is 3.06. The molecule has 1 aromatic carbocycles. The van der Waals surface area contributed by atoms with Crippen molar-refractivity contribution in [2.24, 2.45) is 0 Å². The van der Waals surface area contributed by atoms with Crippen molar-refractivity contribution in [3.63, 3.8) is 0 Å². The van der Waals surface area contributed by atoms with Crippen LogP contribution in [-0.2, 0) is 28.5 Å². The van der Waals surface area contributed by atoms with E-state index in [0.29, 0.717) is 90.0 Å². The lowest BCUT2D eigenvalue weighted by Gasteiger charge is -2.27. The largest absolute Gasteiger partial charge is 0.494 e. The number of ether oxygens (including phenoxy) is 6. The van der Waals surface area contributed by atoms with Gasteiger partial charge in [-0.25, -0.2) is 4.39 Å². The predicted octanol–water partition coefficient (Wildman–Crippen LogP) is 4.53. The van der Waals surface area contributed by atoms with Crippen LogP contribution in [-0.4, -0.2) is 118 Å². The number of carbonyl (C=O) groups excluding carboxylic acids is 1. The van der Waals surface area contributed by atoms with Gasteiger partial charge in [0.2, 0.25) is 23.8 Å². The van der Waals surface area contributed by atoms with Crippen molar-refractivity contribution in [3.8, 4) is 5.75 Å². The zero-order chi connectivity index (χ0) is 34.5. The van der Waals surface area contributed by atoms with E-state index in [4.69, 9.17) is 28.4 Å². The third-order valence-corrected chi connectivity index (χ3v) is 8.05. The number of carbonyl (C=O) groups is 1. The number of rotatable bonds is 22. The van der Waals surface area contributed by atoms with Gasteiger partial charge in [-0.05, 0) is 37.5 Å². The lowest BCUT2D eigenvalue weighted by Crippen LogP contribution is -2.35. The molecule has 2 aromatic rings. The fourth-order valence-electron chi connectivity index (χ4n) is 5.40. The molecule has 1 aliphatic carbocycles. The molecule has 1 fully saturated rings. The van der Waals surface area contributed by atoms with Crippen LogP contribution in [0.2, 0.25) is 0 Å². The van der Waals surface area contributed by atoms with Crippen molar-refractivity contribution in [2.75, 3.05) is 96.2 Å². The third kappa shape index (κ3) is 14.4.